The Morgan fingerprint density at radius 1 is 1.19 bits per heavy atom. The van der Waals surface area contributed by atoms with E-state index in [1.165, 1.54) is 0 Å². The average molecular weight is 229 g/mol. The van der Waals surface area contributed by atoms with Crippen molar-refractivity contribution in [3.05, 3.63) is 35.1 Å². The van der Waals surface area contributed by atoms with Crippen molar-refractivity contribution in [2.45, 2.75) is 19.8 Å². The van der Waals surface area contributed by atoms with Crippen LogP contribution in [0.5, 0.6) is 0 Å². The molecule has 2 atom stereocenters. The first-order valence-electron chi connectivity index (χ1n) is 5.24. The van der Waals surface area contributed by atoms with Crippen LogP contribution in [0.2, 0.25) is 0 Å². The summed E-state index contributed by atoms with van der Waals surface area (Å²) < 4.78 is 38.9. The van der Waals surface area contributed by atoms with Crippen LogP contribution in [0.1, 0.15) is 25.3 Å². The highest BCUT2D eigenvalue weighted by molar-refractivity contribution is 5.33. The van der Waals surface area contributed by atoms with Crippen molar-refractivity contribution in [3.8, 4) is 0 Å². The first kappa shape index (κ1) is 11.5. The topological polar surface area (TPSA) is 26.0 Å². The summed E-state index contributed by atoms with van der Waals surface area (Å²) in [6.45, 7) is 4.46. The highest BCUT2D eigenvalue weighted by Gasteiger charge is 2.57. The molecule has 0 heterocycles. The Morgan fingerprint density at radius 3 is 2.06 bits per heavy atom. The predicted octanol–water partition coefficient (Wildman–Crippen LogP) is 2.80. The number of nitrogens with two attached hydrogens (primary N) is 1. The second-order valence-corrected chi connectivity index (χ2v) is 4.94. The summed E-state index contributed by atoms with van der Waals surface area (Å²) in [5.74, 6) is -3.45. The molecular weight excluding hydrogens is 215 g/mol. The van der Waals surface area contributed by atoms with Crippen LogP contribution in [0.4, 0.5) is 13.2 Å². The second kappa shape index (κ2) is 3.48. The van der Waals surface area contributed by atoms with E-state index >= 15 is 0 Å². The highest BCUT2D eigenvalue weighted by Crippen LogP contribution is 2.63. The lowest BCUT2D eigenvalue weighted by molar-refractivity contribution is 0.444. The van der Waals surface area contributed by atoms with Gasteiger partial charge in [-0.2, -0.15) is 0 Å². The van der Waals surface area contributed by atoms with Crippen LogP contribution in [-0.4, -0.2) is 6.54 Å². The summed E-state index contributed by atoms with van der Waals surface area (Å²) in [5.41, 5.74) is 6.01. The molecule has 0 amide bonds. The van der Waals surface area contributed by atoms with Crippen LogP contribution in [-0.2, 0) is 0 Å². The molecule has 1 aliphatic rings. The van der Waals surface area contributed by atoms with E-state index in [-0.39, 0.29) is 17.3 Å². The van der Waals surface area contributed by atoms with Gasteiger partial charge in [-0.15, -0.1) is 0 Å². The molecule has 1 aromatic rings. The Bertz CT molecular complexity index is 405. The third-order valence-electron chi connectivity index (χ3n) is 3.67. The van der Waals surface area contributed by atoms with Crippen molar-refractivity contribution in [2.75, 3.05) is 6.54 Å². The zero-order chi connectivity index (χ0) is 12.1. The molecule has 1 nitrogen and oxygen atoms in total. The fourth-order valence-corrected chi connectivity index (χ4v) is 2.60. The monoisotopic (exact) mass is 229 g/mol. The quantitative estimate of drug-likeness (QED) is 0.775. The fourth-order valence-electron chi connectivity index (χ4n) is 2.60. The zero-order valence-electron chi connectivity index (χ0n) is 9.23. The van der Waals surface area contributed by atoms with Crippen LogP contribution in [0, 0.1) is 28.8 Å². The molecule has 0 bridgehead atoms. The van der Waals surface area contributed by atoms with Crippen molar-refractivity contribution >= 4 is 0 Å². The minimum atomic E-state index is -1.41. The first-order valence-corrected chi connectivity index (χ1v) is 5.24. The van der Waals surface area contributed by atoms with Crippen molar-refractivity contribution in [1.29, 1.82) is 0 Å². The van der Waals surface area contributed by atoms with Gasteiger partial charge in [0.25, 0.3) is 0 Å². The summed E-state index contributed by atoms with van der Waals surface area (Å²) >= 11 is 0. The molecule has 1 fully saturated rings. The molecular formula is C12H14F3N. The van der Waals surface area contributed by atoms with Crippen LogP contribution in [0.3, 0.4) is 0 Å². The summed E-state index contributed by atoms with van der Waals surface area (Å²) in [5, 5.41) is 0. The number of halogens is 3. The second-order valence-electron chi connectivity index (χ2n) is 4.94. The lowest BCUT2D eigenvalue weighted by Gasteiger charge is -2.04. The van der Waals surface area contributed by atoms with Gasteiger partial charge in [0.2, 0.25) is 0 Å². The van der Waals surface area contributed by atoms with E-state index < -0.39 is 17.5 Å². The minimum absolute atomic E-state index is 0.0158. The van der Waals surface area contributed by atoms with Crippen LogP contribution in [0.15, 0.2) is 12.1 Å². The van der Waals surface area contributed by atoms with Crippen LogP contribution < -0.4 is 5.73 Å². The van der Waals surface area contributed by atoms with E-state index in [4.69, 9.17) is 5.73 Å². The minimum Gasteiger partial charge on any atom is -0.330 e. The largest absolute Gasteiger partial charge is 0.330 e. The van der Waals surface area contributed by atoms with Gasteiger partial charge < -0.3 is 5.73 Å². The molecule has 4 heteroatoms. The van der Waals surface area contributed by atoms with E-state index in [1.807, 2.05) is 13.8 Å². The van der Waals surface area contributed by atoms with Crippen molar-refractivity contribution in [2.24, 2.45) is 17.1 Å². The molecule has 1 aromatic carbocycles. The molecule has 0 spiro atoms. The summed E-state index contributed by atoms with van der Waals surface area (Å²) in [4.78, 5) is 0. The lowest BCUT2D eigenvalue weighted by Crippen LogP contribution is -2.05. The lowest BCUT2D eigenvalue weighted by atomic mass is 10.0. The van der Waals surface area contributed by atoms with Crippen molar-refractivity contribution in [1.82, 2.24) is 0 Å². The van der Waals surface area contributed by atoms with Gasteiger partial charge >= 0.3 is 0 Å². The maximum Gasteiger partial charge on any atom is 0.194 e. The number of hydrogen-bond acceptors (Lipinski definition) is 1. The molecule has 1 aliphatic carbocycles. The fraction of sp³-hybridized carbons (Fsp3) is 0.500. The molecule has 0 radical (unpaired) electrons. The normalized spacial score (nSPS) is 26.9. The van der Waals surface area contributed by atoms with E-state index in [1.54, 1.807) is 0 Å². The van der Waals surface area contributed by atoms with Gasteiger partial charge in [0.1, 0.15) is 0 Å². The third kappa shape index (κ3) is 1.52. The van der Waals surface area contributed by atoms with E-state index in [9.17, 15) is 13.2 Å². The van der Waals surface area contributed by atoms with Gasteiger partial charge in [0.15, 0.2) is 17.5 Å². The molecule has 2 N–H and O–H groups in total. The Kier molecular flexibility index (Phi) is 2.49. The Morgan fingerprint density at radius 2 is 1.69 bits per heavy atom. The third-order valence-corrected chi connectivity index (χ3v) is 3.67. The molecule has 0 aliphatic heterocycles. The van der Waals surface area contributed by atoms with Gasteiger partial charge in [0, 0.05) is 0 Å². The highest BCUT2D eigenvalue weighted by atomic mass is 19.2. The Balaban J connectivity index is 2.37. The first-order chi connectivity index (χ1) is 7.39. The zero-order valence-corrected chi connectivity index (χ0v) is 9.23. The molecule has 2 rings (SSSR count). The van der Waals surface area contributed by atoms with Crippen LogP contribution >= 0.6 is 0 Å². The predicted molar refractivity (Wildman–Crippen MR) is 55.4 cm³/mol. The molecule has 16 heavy (non-hydrogen) atoms. The Hall–Kier alpha value is -1.03. The smallest absolute Gasteiger partial charge is 0.194 e. The average Bonchev–Trinajstić information content (AvgIpc) is 2.76. The summed E-state index contributed by atoms with van der Waals surface area (Å²) in [6.07, 6.45) is 0. The number of rotatable bonds is 2. The standard InChI is InChI=1S/C12H14F3N/c1-12(2)7(5-16)10(12)6-3-8(13)11(15)9(14)4-6/h3-4,7,10H,5,16H2,1-2H3. The SMILES string of the molecule is CC1(C)C(CN)C1c1cc(F)c(F)c(F)c1. The summed E-state index contributed by atoms with van der Waals surface area (Å²) in [7, 11) is 0. The van der Waals surface area contributed by atoms with E-state index in [2.05, 4.69) is 0 Å². The summed E-state index contributed by atoms with van der Waals surface area (Å²) in [6, 6.07) is 2.14. The molecule has 88 valence electrons. The molecule has 0 aromatic heterocycles. The van der Waals surface area contributed by atoms with Gasteiger partial charge in [-0.1, -0.05) is 13.8 Å². The van der Waals surface area contributed by atoms with Gasteiger partial charge in [-0.05, 0) is 41.5 Å². The van der Waals surface area contributed by atoms with Crippen molar-refractivity contribution in [3.63, 3.8) is 0 Å². The van der Waals surface area contributed by atoms with E-state index in [0.717, 1.165) is 12.1 Å². The molecule has 2 unspecified atom stereocenters. The van der Waals surface area contributed by atoms with Gasteiger partial charge in [-0.25, -0.2) is 13.2 Å². The van der Waals surface area contributed by atoms with Crippen molar-refractivity contribution < 1.29 is 13.2 Å². The Labute approximate surface area is 92.5 Å². The van der Waals surface area contributed by atoms with Crippen LogP contribution in [0.25, 0.3) is 0 Å². The molecule has 1 saturated carbocycles. The van der Waals surface area contributed by atoms with E-state index in [0.29, 0.717) is 12.1 Å². The van der Waals surface area contributed by atoms with Gasteiger partial charge in [0.05, 0.1) is 0 Å². The molecule has 0 saturated heterocycles. The maximum absolute atomic E-state index is 13.1. The van der Waals surface area contributed by atoms with Gasteiger partial charge in [-0.3, -0.25) is 0 Å². The number of hydrogen-bond donors (Lipinski definition) is 1. The maximum atomic E-state index is 13.1. The number of benzene rings is 1.